The van der Waals surface area contributed by atoms with E-state index in [-0.39, 0.29) is 48.6 Å². The van der Waals surface area contributed by atoms with Gasteiger partial charge in [0.25, 0.3) is 0 Å². The van der Waals surface area contributed by atoms with Crippen molar-refractivity contribution in [3.05, 3.63) is 59.2 Å². The number of nitrogens with zero attached hydrogens (tertiary/aromatic N) is 6. The summed E-state index contributed by atoms with van der Waals surface area (Å²) in [6.07, 6.45) is 9.81. The normalized spacial score (nSPS) is 14.0. The number of nitriles is 2. The summed E-state index contributed by atoms with van der Waals surface area (Å²) in [7, 11) is -3.01. The Morgan fingerprint density at radius 2 is 1.34 bits per heavy atom. The molecule has 41 heavy (non-hydrogen) atoms. The molecule has 2 aromatic heterocycles. The van der Waals surface area contributed by atoms with Gasteiger partial charge >= 0.3 is 0 Å². The smallest absolute Gasteiger partial charge is 0.232 e. The number of hydrogen-bond acceptors (Lipinski definition) is 8. The summed E-state index contributed by atoms with van der Waals surface area (Å²) in [6, 6.07) is 6.71. The highest BCUT2D eigenvalue weighted by atomic mass is 35.6. The van der Waals surface area contributed by atoms with Crippen molar-refractivity contribution in [1.82, 2.24) is 9.97 Å². The monoisotopic (exact) mass is 729 g/mol. The molecule has 0 aliphatic carbocycles. The topological polar surface area (TPSA) is 170 Å². The molecule has 4 atom stereocenters. The first-order chi connectivity index (χ1) is 17.5. The number of rotatable bonds is 4. The van der Waals surface area contributed by atoms with E-state index in [2.05, 4.69) is 18.7 Å². The third kappa shape index (κ3) is 17.1. The minimum atomic E-state index is -2.64. The summed E-state index contributed by atoms with van der Waals surface area (Å²) in [5, 5.41) is 25.6. The quantitative estimate of drug-likeness (QED) is 0.237. The van der Waals surface area contributed by atoms with Crippen LogP contribution in [-0.4, -0.2) is 38.8 Å². The van der Waals surface area contributed by atoms with Crippen LogP contribution in [-0.2, 0) is 28.0 Å². The Kier molecular flexibility index (Phi) is 24.9. The molecular formula is C24H35Cl6N6O3S2-. The number of halogens is 6. The summed E-state index contributed by atoms with van der Waals surface area (Å²) < 4.78 is 16.2. The Balaban J connectivity index is -0.000000286. The third-order valence-corrected chi connectivity index (χ3v) is 9.52. The lowest BCUT2D eigenvalue weighted by atomic mass is 10.2. The van der Waals surface area contributed by atoms with Crippen LogP contribution in [0.15, 0.2) is 45.4 Å². The molecule has 0 fully saturated rings. The van der Waals surface area contributed by atoms with Gasteiger partial charge in [-0.05, 0) is 43.4 Å². The van der Waals surface area contributed by atoms with Crippen LogP contribution < -0.4 is 5.11 Å². The van der Waals surface area contributed by atoms with Crippen molar-refractivity contribution in [3.63, 3.8) is 0 Å². The fourth-order valence-electron chi connectivity index (χ4n) is 2.38. The fraction of sp³-hybridized carbons (Fsp3) is 0.500. The fourth-order valence-corrected chi connectivity index (χ4v) is 4.84. The Morgan fingerprint density at radius 3 is 1.63 bits per heavy atom. The molecule has 0 radical (unpaired) electrons. The molecular weight excluding hydrogens is 697 g/mol. The van der Waals surface area contributed by atoms with E-state index in [4.69, 9.17) is 85.2 Å². The predicted octanol–water partition coefficient (Wildman–Crippen LogP) is 7.24. The Labute approximate surface area is 276 Å². The van der Waals surface area contributed by atoms with Crippen LogP contribution in [0.2, 0.25) is 0 Å². The van der Waals surface area contributed by atoms with Crippen LogP contribution in [0.5, 0.6) is 0 Å². The van der Waals surface area contributed by atoms with Crippen LogP contribution >= 0.6 is 69.6 Å². The number of pyridine rings is 2. The predicted molar refractivity (Wildman–Crippen MR) is 175 cm³/mol. The minimum Gasteiger partial charge on any atom is -0.855 e. The molecule has 4 unspecified atom stereocenters. The lowest BCUT2D eigenvalue weighted by molar-refractivity contribution is -0.361. The zero-order valence-corrected chi connectivity index (χ0v) is 27.6. The maximum atomic E-state index is 12.1. The van der Waals surface area contributed by atoms with Gasteiger partial charge in [0.2, 0.25) is 20.0 Å². The van der Waals surface area contributed by atoms with Crippen molar-refractivity contribution in [2.24, 2.45) is 8.73 Å². The number of aromatic nitrogens is 2. The summed E-state index contributed by atoms with van der Waals surface area (Å²) in [4.78, 5) is 8.10. The van der Waals surface area contributed by atoms with Crippen molar-refractivity contribution >= 4 is 90.0 Å². The van der Waals surface area contributed by atoms with E-state index in [0.717, 1.165) is 5.56 Å². The van der Waals surface area contributed by atoms with Gasteiger partial charge < -0.3 is 10.6 Å². The second-order valence-corrected chi connectivity index (χ2v) is 16.4. The molecule has 0 spiro atoms. The largest absolute Gasteiger partial charge is 0.855 e. The average Bonchev–Trinajstić information content (AvgIpc) is 2.83. The van der Waals surface area contributed by atoms with Gasteiger partial charge in [-0.2, -0.15) is 14.9 Å². The zero-order chi connectivity index (χ0) is 29.7. The van der Waals surface area contributed by atoms with Crippen molar-refractivity contribution in [2.75, 3.05) is 19.1 Å². The molecule has 0 amide bonds. The van der Waals surface area contributed by atoms with Crippen LogP contribution in [0.1, 0.15) is 68.6 Å². The highest BCUT2D eigenvalue weighted by Crippen LogP contribution is 2.38. The molecule has 2 heterocycles. The molecule has 2 aromatic rings. The van der Waals surface area contributed by atoms with Gasteiger partial charge in [-0.15, -0.1) is 11.0 Å². The van der Waals surface area contributed by atoms with Crippen molar-refractivity contribution < 1.29 is 14.8 Å². The Morgan fingerprint density at radius 1 is 0.951 bits per heavy atom. The van der Waals surface area contributed by atoms with Gasteiger partial charge in [0.15, 0.2) is 0 Å². The molecule has 0 saturated heterocycles. The molecule has 234 valence electrons. The summed E-state index contributed by atoms with van der Waals surface area (Å²) in [6.45, 7) is 5.26. The second kappa shape index (κ2) is 21.7. The Bertz CT molecular complexity index is 1260. The first kappa shape index (κ1) is 47.0. The van der Waals surface area contributed by atoms with Gasteiger partial charge in [0.1, 0.15) is 0 Å². The van der Waals surface area contributed by atoms with E-state index in [9.17, 15) is 4.21 Å². The first-order valence-electron chi connectivity index (χ1n) is 10.4. The van der Waals surface area contributed by atoms with E-state index >= 15 is 0 Å². The van der Waals surface area contributed by atoms with Gasteiger partial charge in [0.05, 0.1) is 26.4 Å². The highest BCUT2D eigenvalue weighted by Gasteiger charge is 2.26. The van der Waals surface area contributed by atoms with E-state index in [0.29, 0.717) is 11.3 Å². The second-order valence-electron chi connectivity index (χ2n) is 7.29. The molecule has 2 N–H and O–H groups in total. The minimum absolute atomic E-state index is 0. The van der Waals surface area contributed by atoms with Crippen molar-refractivity contribution in [1.29, 1.82) is 10.5 Å². The van der Waals surface area contributed by atoms with Crippen molar-refractivity contribution in [3.8, 4) is 12.4 Å². The molecule has 2 rings (SSSR count). The van der Waals surface area contributed by atoms with Crippen LogP contribution in [0.25, 0.3) is 0 Å². The summed E-state index contributed by atoms with van der Waals surface area (Å²) >= 11 is 34.2. The van der Waals surface area contributed by atoms with Gasteiger partial charge in [-0.3, -0.25) is 9.97 Å². The first-order valence-corrected chi connectivity index (χ1v) is 16.3. The molecule has 9 nitrogen and oxygen atoms in total. The molecule has 0 aromatic carbocycles. The van der Waals surface area contributed by atoms with Crippen LogP contribution in [0.4, 0.5) is 0 Å². The van der Waals surface area contributed by atoms with E-state index in [1.54, 1.807) is 44.4 Å². The summed E-state index contributed by atoms with van der Waals surface area (Å²) in [5.74, 6) is 0. The molecule has 0 saturated carbocycles. The van der Waals surface area contributed by atoms with Gasteiger partial charge in [-0.25, -0.2) is 4.21 Å². The highest BCUT2D eigenvalue weighted by molar-refractivity contribution is 7.93. The van der Waals surface area contributed by atoms with Gasteiger partial charge in [-0.1, -0.05) is 114 Å². The SMILES string of the molecule is C.C.CC(c1ccc(C(Cl)(Cl)Cl)nc1)S(C)(=O)=NC#N.CC(c1ccc(C(Cl)(Cl)Cl)nc1)S(C)=NC#N.CC[O-].O. The average molecular weight is 732 g/mol. The lowest BCUT2D eigenvalue weighted by Gasteiger charge is -2.14. The number of alkyl halides is 6. The summed E-state index contributed by atoms with van der Waals surface area (Å²) in [5.41, 5.74) is 2.29. The Hall–Kier alpha value is -0.960. The van der Waals surface area contributed by atoms with Crippen LogP contribution in [0.3, 0.4) is 0 Å². The van der Waals surface area contributed by atoms with Gasteiger partial charge in [0, 0.05) is 23.9 Å². The molecule has 17 heteroatoms. The molecule has 0 bridgehead atoms. The maximum absolute atomic E-state index is 12.1. The van der Waals surface area contributed by atoms with Crippen molar-refractivity contribution in [2.45, 2.75) is 53.7 Å². The van der Waals surface area contributed by atoms with E-state index in [1.807, 2.05) is 25.4 Å². The standard InChI is InChI=1S/C10H10Cl3N3OS.C10H10Cl3N3S.C2H5O.2CH4.H2O/c1-7(18(2,17)16-6-14)8-3-4-9(15-5-8)10(11,12)13;1-7(17(2)16-6-14)8-3-4-9(15-5-8)10(11,12)13;1-2-3;;;/h3-5,7H,1-2H3;3-5,7H,1-2H3;2H2,1H3;2*1H4;1H2/q;;-1;;;. The lowest BCUT2D eigenvalue weighted by Crippen LogP contribution is -2.09. The molecule has 0 aliphatic heterocycles. The maximum Gasteiger partial charge on any atom is 0.232 e. The third-order valence-electron chi connectivity index (χ3n) is 4.67. The number of hydrogen-bond donors (Lipinski definition) is 0. The zero-order valence-electron chi connectivity index (χ0n) is 21.4. The van der Waals surface area contributed by atoms with Crippen LogP contribution in [0, 0.1) is 22.9 Å². The molecule has 0 aliphatic rings. The van der Waals surface area contributed by atoms with E-state index < -0.39 is 22.6 Å². The van der Waals surface area contributed by atoms with E-state index in [1.165, 1.54) is 12.5 Å².